The Hall–Kier alpha value is -3.08. The van der Waals surface area contributed by atoms with Crippen molar-refractivity contribution in [3.8, 4) is 12.3 Å². The minimum atomic E-state index is -0.608. The summed E-state index contributed by atoms with van der Waals surface area (Å²) in [5.41, 5.74) is 0.177. The number of hydrogen-bond donors (Lipinski definition) is 1. The van der Waals surface area contributed by atoms with Gasteiger partial charge in [-0.3, -0.25) is 14.6 Å². The van der Waals surface area contributed by atoms with E-state index in [-0.39, 0.29) is 25.4 Å². The summed E-state index contributed by atoms with van der Waals surface area (Å²) in [5, 5.41) is 2.49. The lowest BCUT2D eigenvalue weighted by Crippen LogP contribution is -2.53. The van der Waals surface area contributed by atoms with Crippen LogP contribution < -0.4 is 5.32 Å². The second kappa shape index (κ2) is 9.22. The van der Waals surface area contributed by atoms with Crippen molar-refractivity contribution in [2.75, 3.05) is 26.2 Å². The Morgan fingerprint density at radius 2 is 2.11 bits per heavy atom. The third-order valence-electron chi connectivity index (χ3n) is 4.12. The lowest BCUT2D eigenvalue weighted by Gasteiger charge is -2.41. The van der Waals surface area contributed by atoms with Gasteiger partial charge in [0.1, 0.15) is 12.0 Å². The molecule has 8 heteroatoms. The molecule has 150 valence electrons. The van der Waals surface area contributed by atoms with Crippen LogP contribution in [-0.2, 0) is 14.3 Å². The van der Waals surface area contributed by atoms with Crippen LogP contribution in [0.25, 0.3) is 0 Å². The van der Waals surface area contributed by atoms with Crippen molar-refractivity contribution in [1.82, 2.24) is 20.1 Å². The number of aromatic nitrogens is 1. The van der Waals surface area contributed by atoms with E-state index in [0.717, 1.165) is 5.56 Å². The Morgan fingerprint density at radius 3 is 2.71 bits per heavy atom. The number of terminal acetylenes is 1. The molecule has 0 radical (unpaired) electrons. The van der Waals surface area contributed by atoms with Crippen molar-refractivity contribution < 1.29 is 19.1 Å². The predicted molar refractivity (Wildman–Crippen MR) is 103 cm³/mol. The normalized spacial score (nSPS) is 16.9. The molecular weight excluding hydrogens is 360 g/mol. The molecule has 8 nitrogen and oxygen atoms in total. The van der Waals surface area contributed by atoms with Crippen LogP contribution in [0.2, 0.25) is 0 Å². The van der Waals surface area contributed by atoms with E-state index in [4.69, 9.17) is 11.2 Å². The minimum Gasteiger partial charge on any atom is -0.444 e. The van der Waals surface area contributed by atoms with Gasteiger partial charge in [-0.1, -0.05) is 12.0 Å². The highest BCUT2D eigenvalue weighted by atomic mass is 16.6. The van der Waals surface area contributed by atoms with Gasteiger partial charge in [-0.2, -0.15) is 0 Å². The number of amides is 3. The maximum absolute atomic E-state index is 12.7. The van der Waals surface area contributed by atoms with Crippen molar-refractivity contribution >= 4 is 17.9 Å². The zero-order valence-electron chi connectivity index (χ0n) is 16.5. The van der Waals surface area contributed by atoms with E-state index < -0.39 is 23.6 Å². The first kappa shape index (κ1) is 21.2. The zero-order valence-corrected chi connectivity index (χ0v) is 16.5. The second-order valence-corrected chi connectivity index (χ2v) is 7.47. The van der Waals surface area contributed by atoms with E-state index in [0.29, 0.717) is 13.1 Å². The van der Waals surface area contributed by atoms with Crippen molar-refractivity contribution in [3.63, 3.8) is 0 Å². The van der Waals surface area contributed by atoms with Gasteiger partial charge in [0.05, 0.1) is 12.6 Å². The fourth-order valence-electron chi connectivity index (χ4n) is 2.88. The Balaban J connectivity index is 2.15. The molecule has 1 aliphatic heterocycles. The molecule has 1 aromatic heterocycles. The molecule has 1 atom stereocenters. The van der Waals surface area contributed by atoms with Crippen molar-refractivity contribution in [2.24, 2.45) is 0 Å². The maximum Gasteiger partial charge on any atom is 0.410 e. The molecule has 1 aliphatic rings. The fraction of sp³-hybridized carbons (Fsp3) is 0.500. The van der Waals surface area contributed by atoms with E-state index in [1.54, 1.807) is 49.0 Å². The maximum atomic E-state index is 12.7. The van der Waals surface area contributed by atoms with Crippen LogP contribution in [0.3, 0.4) is 0 Å². The first-order valence-corrected chi connectivity index (χ1v) is 9.08. The van der Waals surface area contributed by atoms with Gasteiger partial charge in [0.25, 0.3) is 0 Å². The van der Waals surface area contributed by atoms with Crippen LogP contribution in [0, 0.1) is 12.3 Å². The van der Waals surface area contributed by atoms with Gasteiger partial charge in [0.15, 0.2) is 0 Å². The summed E-state index contributed by atoms with van der Waals surface area (Å²) in [6, 6.07) is 3.20. The quantitative estimate of drug-likeness (QED) is 0.623. The third kappa shape index (κ3) is 5.98. The number of carbonyl (C=O) groups is 3. The Labute approximate surface area is 165 Å². The number of hydrogen-bond acceptors (Lipinski definition) is 5. The molecule has 1 saturated heterocycles. The number of piperazine rings is 1. The van der Waals surface area contributed by atoms with Crippen LogP contribution in [0.5, 0.6) is 0 Å². The number of rotatable bonds is 4. The van der Waals surface area contributed by atoms with E-state index in [2.05, 4.69) is 16.2 Å². The van der Waals surface area contributed by atoms with Crippen molar-refractivity contribution in [1.29, 1.82) is 0 Å². The summed E-state index contributed by atoms with van der Waals surface area (Å²) in [6.45, 7) is 6.36. The van der Waals surface area contributed by atoms with E-state index in [1.807, 2.05) is 6.07 Å². The van der Waals surface area contributed by atoms with Crippen molar-refractivity contribution in [2.45, 2.75) is 38.8 Å². The second-order valence-electron chi connectivity index (χ2n) is 7.47. The highest BCUT2D eigenvalue weighted by molar-refractivity contribution is 5.97. The molecule has 28 heavy (non-hydrogen) atoms. The van der Waals surface area contributed by atoms with Gasteiger partial charge in [-0.05, 0) is 32.4 Å². The van der Waals surface area contributed by atoms with Gasteiger partial charge in [-0.15, -0.1) is 6.42 Å². The van der Waals surface area contributed by atoms with E-state index >= 15 is 0 Å². The molecule has 2 heterocycles. The minimum absolute atomic E-state index is 0.0740. The molecule has 0 saturated carbocycles. The lowest BCUT2D eigenvalue weighted by atomic mass is 10.0. The van der Waals surface area contributed by atoms with E-state index in [1.165, 1.54) is 0 Å². The average molecular weight is 386 g/mol. The summed E-state index contributed by atoms with van der Waals surface area (Å²) in [5.74, 6) is 1.54. The number of carbonyl (C=O) groups excluding carboxylic acids is 3. The van der Waals surface area contributed by atoms with Crippen LogP contribution in [-0.4, -0.2) is 64.5 Å². The standard InChI is InChI=1S/C20H26N4O4/c1-5-8-22-17(25)12-18(26)24-11-10-23(19(27)28-20(2,3)4)14-16(24)15-7-6-9-21-13-15/h1,6-7,9,13,16H,8,10-12,14H2,2-4H3,(H,22,25)/t16-/m0/s1. The van der Waals surface area contributed by atoms with Crippen LogP contribution in [0.1, 0.15) is 38.8 Å². The van der Waals surface area contributed by atoms with Gasteiger partial charge >= 0.3 is 6.09 Å². The molecule has 0 aliphatic carbocycles. The molecule has 1 fully saturated rings. The zero-order chi connectivity index (χ0) is 20.7. The highest BCUT2D eigenvalue weighted by Gasteiger charge is 2.35. The molecule has 1 N–H and O–H groups in total. The van der Waals surface area contributed by atoms with Crippen LogP contribution >= 0.6 is 0 Å². The highest BCUT2D eigenvalue weighted by Crippen LogP contribution is 2.26. The Morgan fingerprint density at radius 1 is 1.36 bits per heavy atom. The topological polar surface area (TPSA) is 91.8 Å². The summed E-state index contributed by atoms with van der Waals surface area (Å²) >= 11 is 0. The Bertz CT molecular complexity index is 752. The fourth-order valence-corrected chi connectivity index (χ4v) is 2.88. The molecule has 0 spiro atoms. The first-order chi connectivity index (χ1) is 13.2. The smallest absolute Gasteiger partial charge is 0.410 e. The molecular formula is C20H26N4O4. The van der Waals surface area contributed by atoms with Crippen LogP contribution in [0.4, 0.5) is 4.79 Å². The number of nitrogens with zero attached hydrogens (tertiary/aromatic N) is 3. The summed E-state index contributed by atoms with van der Waals surface area (Å²) in [4.78, 5) is 44.3. The molecule has 3 amide bonds. The summed E-state index contributed by atoms with van der Waals surface area (Å²) < 4.78 is 5.45. The van der Waals surface area contributed by atoms with Gasteiger partial charge < -0.3 is 19.9 Å². The summed E-state index contributed by atoms with van der Waals surface area (Å²) in [7, 11) is 0. The SMILES string of the molecule is C#CCNC(=O)CC(=O)N1CCN(C(=O)OC(C)(C)C)C[C@H]1c1cccnc1. The van der Waals surface area contributed by atoms with Gasteiger partial charge in [0, 0.05) is 32.0 Å². The van der Waals surface area contributed by atoms with Crippen molar-refractivity contribution in [3.05, 3.63) is 30.1 Å². The first-order valence-electron chi connectivity index (χ1n) is 9.08. The monoisotopic (exact) mass is 386 g/mol. The molecule has 1 aromatic rings. The largest absolute Gasteiger partial charge is 0.444 e. The van der Waals surface area contributed by atoms with Crippen LogP contribution in [0.15, 0.2) is 24.5 Å². The number of nitrogens with one attached hydrogen (secondary N) is 1. The molecule has 2 rings (SSSR count). The van der Waals surface area contributed by atoms with E-state index in [9.17, 15) is 14.4 Å². The number of pyridine rings is 1. The Kier molecular flexibility index (Phi) is 6.99. The summed E-state index contributed by atoms with van der Waals surface area (Å²) in [6.07, 6.45) is 7.68. The predicted octanol–water partition coefficient (Wildman–Crippen LogP) is 1.34. The third-order valence-corrected chi connectivity index (χ3v) is 4.12. The molecule has 0 unspecified atom stereocenters. The lowest BCUT2D eigenvalue weighted by molar-refractivity contribution is -0.140. The molecule has 0 aromatic carbocycles. The number of ether oxygens (including phenoxy) is 1. The van der Waals surface area contributed by atoms with Gasteiger partial charge in [-0.25, -0.2) is 4.79 Å². The van der Waals surface area contributed by atoms with Gasteiger partial charge in [0.2, 0.25) is 11.8 Å². The molecule has 0 bridgehead atoms. The average Bonchev–Trinajstić information content (AvgIpc) is 2.65.